The molecule has 0 aliphatic carbocycles. The first-order chi connectivity index (χ1) is 15.3. The third-order valence-electron chi connectivity index (χ3n) is 7.32. The molecule has 1 N–H and O–H groups in total. The molecule has 0 rings (SSSR count). The van der Waals surface area contributed by atoms with Gasteiger partial charge in [-0.25, -0.2) is 0 Å². The zero-order chi connectivity index (χ0) is 22.8. The summed E-state index contributed by atoms with van der Waals surface area (Å²) < 4.78 is 0. The van der Waals surface area contributed by atoms with Crippen LogP contribution >= 0.6 is 0 Å². The highest BCUT2D eigenvalue weighted by molar-refractivity contribution is 4.68. The van der Waals surface area contributed by atoms with Gasteiger partial charge in [0.1, 0.15) is 0 Å². The normalized spacial score (nSPS) is 13.5. The van der Waals surface area contributed by atoms with E-state index in [-0.39, 0.29) is 0 Å². The van der Waals surface area contributed by atoms with Gasteiger partial charge in [0.05, 0.1) is 0 Å². The van der Waals surface area contributed by atoms with E-state index in [4.69, 9.17) is 0 Å². The Labute approximate surface area is 198 Å². The summed E-state index contributed by atoms with van der Waals surface area (Å²) in [5.74, 6) is 1.42. The minimum Gasteiger partial charge on any atom is -0.396 e. The number of hydrogen-bond donors (Lipinski definition) is 1. The molecule has 0 heterocycles. The summed E-state index contributed by atoms with van der Waals surface area (Å²) in [5, 5.41) is 10.00. The van der Waals surface area contributed by atoms with Crippen LogP contribution in [0.15, 0.2) is 0 Å². The quantitative estimate of drug-likeness (QED) is 0.133. The molecule has 0 aliphatic heterocycles. The van der Waals surface area contributed by atoms with E-state index in [0.717, 1.165) is 5.92 Å². The zero-order valence-electron chi connectivity index (χ0n) is 22.3. The van der Waals surface area contributed by atoms with Crippen LogP contribution in [-0.2, 0) is 0 Å². The van der Waals surface area contributed by atoms with Gasteiger partial charge in [0.2, 0.25) is 0 Å². The SMILES string of the molecule is CCCCCCCCCCC(CCCCCCCC)CC(CO)CCCCCCCC. The third-order valence-corrected chi connectivity index (χ3v) is 7.32. The Hall–Kier alpha value is -0.0400. The average Bonchev–Trinajstić information content (AvgIpc) is 2.78. The summed E-state index contributed by atoms with van der Waals surface area (Å²) >= 11 is 0. The Bertz CT molecular complexity index is 314. The fourth-order valence-corrected chi connectivity index (χ4v) is 5.13. The lowest BCUT2D eigenvalue weighted by Crippen LogP contribution is -2.13. The Balaban J connectivity index is 4.14. The van der Waals surface area contributed by atoms with Gasteiger partial charge in [-0.15, -0.1) is 0 Å². The van der Waals surface area contributed by atoms with Crippen LogP contribution in [0.3, 0.4) is 0 Å². The molecule has 0 fully saturated rings. The van der Waals surface area contributed by atoms with E-state index in [1.165, 1.54) is 154 Å². The maximum Gasteiger partial charge on any atom is 0.0459 e. The lowest BCUT2D eigenvalue weighted by molar-refractivity contribution is 0.181. The molecule has 188 valence electrons. The highest BCUT2D eigenvalue weighted by Gasteiger charge is 2.16. The van der Waals surface area contributed by atoms with Crippen LogP contribution in [0.25, 0.3) is 0 Å². The fourth-order valence-electron chi connectivity index (χ4n) is 5.13. The molecule has 0 amide bonds. The summed E-state index contributed by atoms with van der Waals surface area (Å²) in [4.78, 5) is 0. The molecule has 0 saturated carbocycles. The monoisotopic (exact) mass is 438 g/mol. The zero-order valence-corrected chi connectivity index (χ0v) is 22.3. The second-order valence-electron chi connectivity index (χ2n) is 10.5. The number of aliphatic hydroxyl groups is 1. The van der Waals surface area contributed by atoms with Gasteiger partial charge in [-0.1, -0.05) is 162 Å². The van der Waals surface area contributed by atoms with Crippen LogP contribution in [-0.4, -0.2) is 11.7 Å². The van der Waals surface area contributed by atoms with Crippen molar-refractivity contribution in [2.45, 2.75) is 175 Å². The van der Waals surface area contributed by atoms with E-state index in [2.05, 4.69) is 20.8 Å². The Morgan fingerprint density at radius 1 is 0.387 bits per heavy atom. The van der Waals surface area contributed by atoms with Crippen molar-refractivity contribution in [3.05, 3.63) is 0 Å². The molecule has 0 aromatic rings. The van der Waals surface area contributed by atoms with Crippen LogP contribution in [0.5, 0.6) is 0 Å². The second kappa shape index (κ2) is 26.2. The molecule has 0 bridgehead atoms. The first-order valence-corrected chi connectivity index (χ1v) is 14.9. The summed E-state index contributed by atoms with van der Waals surface area (Å²) in [6.07, 6.45) is 33.4. The van der Waals surface area contributed by atoms with Crippen molar-refractivity contribution in [3.8, 4) is 0 Å². The van der Waals surface area contributed by atoms with Gasteiger partial charge in [0, 0.05) is 6.61 Å². The lowest BCUT2D eigenvalue weighted by Gasteiger charge is -2.23. The van der Waals surface area contributed by atoms with Crippen molar-refractivity contribution >= 4 is 0 Å². The summed E-state index contributed by atoms with van der Waals surface area (Å²) in [6.45, 7) is 7.31. The maximum absolute atomic E-state index is 10.00. The fraction of sp³-hybridized carbons (Fsp3) is 1.00. The van der Waals surface area contributed by atoms with Gasteiger partial charge in [-0.3, -0.25) is 0 Å². The number of unbranched alkanes of at least 4 members (excludes halogenated alkanes) is 17. The van der Waals surface area contributed by atoms with Crippen LogP contribution in [0.1, 0.15) is 175 Å². The van der Waals surface area contributed by atoms with Gasteiger partial charge < -0.3 is 5.11 Å². The van der Waals surface area contributed by atoms with Crippen LogP contribution in [0, 0.1) is 11.8 Å². The average molecular weight is 439 g/mol. The van der Waals surface area contributed by atoms with Crippen molar-refractivity contribution in [2.24, 2.45) is 11.8 Å². The summed E-state index contributed by atoms with van der Waals surface area (Å²) in [6, 6.07) is 0. The first kappa shape index (κ1) is 31.0. The topological polar surface area (TPSA) is 20.2 Å². The summed E-state index contributed by atoms with van der Waals surface area (Å²) in [7, 11) is 0. The minimum atomic E-state index is 0.416. The van der Waals surface area contributed by atoms with Crippen LogP contribution in [0.2, 0.25) is 0 Å². The lowest BCUT2D eigenvalue weighted by atomic mass is 9.84. The summed E-state index contributed by atoms with van der Waals surface area (Å²) in [5.41, 5.74) is 0. The second-order valence-corrected chi connectivity index (χ2v) is 10.5. The van der Waals surface area contributed by atoms with E-state index in [0.29, 0.717) is 12.5 Å². The standard InChI is InChI=1S/C30H62O/c1-4-7-10-13-16-17-20-22-25-29(24-21-18-14-11-8-5-2)27-30(28-31)26-23-19-15-12-9-6-3/h29-31H,4-28H2,1-3H3. The molecule has 1 nitrogen and oxygen atoms in total. The van der Waals surface area contributed by atoms with E-state index in [9.17, 15) is 5.11 Å². The molecule has 1 heteroatoms. The van der Waals surface area contributed by atoms with Gasteiger partial charge in [0.15, 0.2) is 0 Å². The smallest absolute Gasteiger partial charge is 0.0459 e. The van der Waals surface area contributed by atoms with Crippen molar-refractivity contribution in [1.29, 1.82) is 0 Å². The van der Waals surface area contributed by atoms with Crippen molar-refractivity contribution in [1.82, 2.24) is 0 Å². The predicted octanol–water partition coefficient (Wildman–Crippen LogP) is 10.6. The van der Waals surface area contributed by atoms with Gasteiger partial charge in [-0.2, -0.15) is 0 Å². The molecule has 0 spiro atoms. The Kier molecular flexibility index (Phi) is 26.2. The molecular formula is C30H62O. The molecule has 0 aliphatic rings. The number of hydrogen-bond acceptors (Lipinski definition) is 1. The van der Waals surface area contributed by atoms with E-state index >= 15 is 0 Å². The molecule has 0 saturated heterocycles. The van der Waals surface area contributed by atoms with Crippen molar-refractivity contribution in [2.75, 3.05) is 6.61 Å². The Morgan fingerprint density at radius 2 is 0.677 bits per heavy atom. The maximum atomic E-state index is 10.00. The van der Waals surface area contributed by atoms with E-state index in [1.807, 2.05) is 0 Å². The van der Waals surface area contributed by atoms with E-state index in [1.54, 1.807) is 0 Å². The molecule has 0 aromatic heterocycles. The van der Waals surface area contributed by atoms with Crippen molar-refractivity contribution < 1.29 is 5.11 Å². The first-order valence-electron chi connectivity index (χ1n) is 14.9. The highest BCUT2D eigenvalue weighted by atomic mass is 16.3. The van der Waals surface area contributed by atoms with Gasteiger partial charge in [-0.05, 0) is 24.7 Å². The molecule has 0 radical (unpaired) electrons. The van der Waals surface area contributed by atoms with Crippen molar-refractivity contribution in [3.63, 3.8) is 0 Å². The Morgan fingerprint density at radius 3 is 1.00 bits per heavy atom. The number of aliphatic hydroxyl groups excluding tert-OH is 1. The molecular weight excluding hydrogens is 376 g/mol. The predicted molar refractivity (Wildman–Crippen MR) is 142 cm³/mol. The molecule has 2 atom stereocenters. The number of rotatable bonds is 26. The minimum absolute atomic E-state index is 0.416. The van der Waals surface area contributed by atoms with Crippen LogP contribution < -0.4 is 0 Å². The molecule has 2 unspecified atom stereocenters. The van der Waals surface area contributed by atoms with Gasteiger partial charge in [0.25, 0.3) is 0 Å². The highest BCUT2D eigenvalue weighted by Crippen LogP contribution is 2.28. The molecule has 0 aromatic carbocycles. The van der Waals surface area contributed by atoms with Crippen LogP contribution in [0.4, 0.5) is 0 Å². The molecule has 31 heavy (non-hydrogen) atoms. The van der Waals surface area contributed by atoms with Gasteiger partial charge >= 0.3 is 0 Å². The van der Waals surface area contributed by atoms with E-state index < -0.39 is 0 Å². The third kappa shape index (κ3) is 22.9. The largest absolute Gasteiger partial charge is 0.396 e.